The first-order chi connectivity index (χ1) is 9.70. The number of thiophene rings is 1. The fourth-order valence-electron chi connectivity index (χ4n) is 1.75. The molecule has 0 unspecified atom stereocenters. The van der Waals surface area contributed by atoms with Gasteiger partial charge in [-0.1, -0.05) is 11.2 Å². The number of rotatable bonds is 5. The molecule has 0 amide bonds. The van der Waals surface area contributed by atoms with Crippen LogP contribution in [0.2, 0.25) is 0 Å². The highest BCUT2D eigenvalue weighted by Crippen LogP contribution is 2.28. The van der Waals surface area contributed by atoms with Gasteiger partial charge >= 0.3 is 0 Å². The highest BCUT2D eigenvalue weighted by molar-refractivity contribution is 7.83. The van der Waals surface area contributed by atoms with Crippen molar-refractivity contribution in [3.8, 4) is 9.88 Å². The second kappa shape index (κ2) is 5.99. The van der Waals surface area contributed by atoms with E-state index in [9.17, 15) is 4.21 Å². The molecule has 0 saturated heterocycles. The van der Waals surface area contributed by atoms with E-state index in [2.05, 4.69) is 10.1 Å². The first-order valence-electron chi connectivity index (χ1n) is 5.96. The molecule has 0 aliphatic rings. The van der Waals surface area contributed by atoms with Crippen LogP contribution in [0.15, 0.2) is 33.5 Å². The lowest BCUT2D eigenvalue weighted by molar-refractivity contribution is 0.390. The average Bonchev–Trinajstić information content (AvgIpc) is 3.10. The molecule has 7 heteroatoms. The van der Waals surface area contributed by atoms with Crippen molar-refractivity contribution in [2.24, 2.45) is 0 Å². The fourth-order valence-corrected chi connectivity index (χ4v) is 4.52. The summed E-state index contributed by atoms with van der Waals surface area (Å²) < 4.78 is 17.2. The van der Waals surface area contributed by atoms with Crippen molar-refractivity contribution in [1.82, 2.24) is 10.1 Å². The predicted octanol–water partition coefficient (Wildman–Crippen LogP) is 3.62. The maximum absolute atomic E-state index is 12.1. The van der Waals surface area contributed by atoms with Crippen LogP contribution in [0.1, 0.15) is 17.1 Å². The standard InChI is InChI=1S/C13H12N2O2S3/c1-9-5-11(17-15-9)8-20(16)7-10-6-19-13(14-10)12-3-2-4-18-12/h2-6H,7-8H2,1H3/t20-/m1/s1. The number of hydrogen-bond donors (Lipinski definition) is 0. The van der Waals surface area contributed by atoms with Gasteiger partial charge in [-0.05, 0) is 18.4 Å². The Kier molecular flexibility index (Phi) is 4.09. The molecular weight excluding hydrogens is 312 g/mol. The van der Waals surface area contributed by atoms with E-state index in [4.69, 9.17) is 4.52 Å². The lowest BCUT2D eigenvalue weighted by Crippen LogP contribution is -1.99. The third kappa shape index (κ3) is 3.23. The molecule has 1 atom stereocenters. The molecule has 0 bridgehead atoms. The van der Waals surface area contributed by atoms with Crippen LogP contribution in [-0.4, -0.2) is 14.3 Å². The van der Waals surface area contributed by atoms with Gasteiger partial charge in [0.1, 0.15) is 10.8 Å². The van der Waals surface area contributed by atoms with E-state index in [1.165, 1.54) is 0 Å². The zero-order valence-electron chi connectivity index (χ0n) is 10.7. The molecule has 0 aliphatic carbocycles. The van der Waals surface area contributed by atoms with Crippen LogP contribution in [0.4, 0.5) is 0 Å². The van der Waals surface area contributed by atoms with E-state index in [0.29, 0.717) is 17.3 Å². The monoisotopic (exact) mass is 324 g/mol. The molecule has 0 fully saturated rings. The Morgan fingerprint density at radius 1 is 1.35 bits per heavy atom. The Morgan fingerprint density at radius 2 is 2.25 bits per heavy atom. The number of hydrogen-bond acceptors (Lipinski definition) is 6. The molecule has 0 aliphatic heterocycles. The molecule has 0 saturated carbocycles. The summed E-state index contributed by atoms with van der Waals surface area (Å²) in [6.07, 6.45) is 0. The molecule has 3 aromatic heterocycles. The minimum atomic E-state index is -1.03. The SMILES string of the molecule is Cc1cc(C[S@](=O)Cc2csc(-c3cccs3)n2)on1. The molecule has 3 aromatic rings. The van der Waals surface area contributed by atoms with Crippen LogP contribution < -0.4 is 0 Å². The van der Waals surface area contributed by atoms with E-state index in [0.717, 1.165) is 21.3 Å². The summed E-state index contributed by atoms with van der Waals surface area (Å²) in [5.41, 5.74) is 1.68. The van der Waals surface area contributed by atoms with Gasteiger partial charge in [-0.2, -0.15) is 0 Å². The average molecular weight is 324 g/mol. The summed E-state index contributed by atoms with van der Waals surface area (Å²) in [4.78, 5) is 5.68. The lowest BCUT2D eigenvalue weighted by Gasteiger charge is -1.96. The quantitative estimate of drug-likeness (QED) is 0.719. The molecule has 20 heavy (non-hydrogen) atoms. The van der Waals surface area contributed by atoms with Crippen molar-refractivity contribution in [2.75, 3.05) is 0 Å². The molecule has 0 spiro atoms. The Bertz CT molecular complexity index is 716. The van der Waals surface area contributed by atoms with Gasteiger partial charge in [0.05, 0.1) is 27.8 Å². The Labute approximate surface area is 126 Å². The van der Waals surface area contributed by atoms with Crippen LogP contribution in [0.5, 0.6) is 0 Å². The Morgan fingerprint density at radius 3 is 2.95 bits per heavy atom. The highest BCUT2D eigenvalue weighted by atomic mass is 32.2. The van der Waals surface area contributed by atoms with E-state index in [1.807, 2.05) is 35.9 Å². The van der Waals surface area contributed by atoms with Gasteiger partial charge in [-0.15, -0.1) is 22.7 Å². The van der Waals surface area contributed by atoms with Crippen molar-refractivity contribution >= 4 is 33.5 Å². The molecule has 3 heterocycles. The number of aryl methyl sites for hydroxylation is 1. The van der Waals surface area contributed by atoms with Crippen molar-refractivity contribution < 1.29 is 8.73 Å². The topological polar surface area (TPSA) is 56.0 Å². The molecule has 0 radical (unpaired) electrons. The van der Waals surface area contributed by atoms with Gasteiger partial charge in [-0.25, -0.2) is 4.98 Å². The Balaban J connectivity index is 1.64. The van der Waals surface area contributed by atoms with Gasteiger partial charge in [0, 0.05) is 22.2 Å². The molecular formula is C13H12N2O2S3. The van der Waals surface area contributed by atoms with E-state index < -0.39 is 10.8 Å². The van der Waals surface area contributed by atoms with Gasteiger partial charge in [-0.3, -0.25) is 4.21 Å². The van der Waals surface area contributed by atoms with Crippen LogP contribution >= 0.6 is 22.7 Å². The summed E-state index contributed by atoms with van der Waals surface area (Å²) in [5, 5.41) is 8.78. The number of thiazole rings is 1. The second-order valence-electron chi connectivity index (χ2n) is 4.28. The largest absolute Gasteiger partial charge is 0.360 e. The molecule has 0 aromatic carbocycles. The Hall–Kier alpha value is -1.31. The molecule has 0 N–H and O–H groups in total. The van der Waals surface area contributed by atoms with Crippen LogP contribution in [0.3, 0.4) is 0 Å². The first-order valence-corrected chi connectivity index (χ1v) is 9.21. The fraction of sp³-hybridized carbons (Fsp3) is 0.231. The summed E-state index contributed by atoms with van der Waals surface area (Å²) in [6.45, 7) is 1.85. The normalized spacial score (nSPS) is 12.7. The van der Waals surface area contributed by atoms with Crippen LogP contribution in [0, 0.1) is 6.92 Å². The first kappa shape index (κ1) is 13.7. The van der Waals surface area contributed by atoms with E-state index in [1.54, 1.807) is 22.7 Å². The van der Waals surface area contributed by atoms with E-state index in [-0.39, 0.29) is 0 Å². The van der Waals surface area contributed by atoms with Crippen LogP contribution in [0.25, 0.3) is 9.88 Å². The minimum Gasteiger partial charge on any atom is -0.360 e. The highest BCUT2D eigenvalue weighted by Gasteiger charge is 2.11. The van der Waals surface area contributed by atoms with Crippen molar-refractivity contribution in [3.05, 3.63) is 46.1 Å². The third-order valence-corrected chi connectivity index (χ3v) is 5.73. The predicted molar refractivity (Wildman–Crippen MR) is 82.2 cm³/mol. The van der Waals surface area contributed by atoms with Crippen molar-refractivity contribution in [1.29, 1.82) is 0 Å². The maximum atomic E-state index is 12.1. The van der Waals surface area contributed by atoms with Crippen molar-refractivity contribution in [2.45, 2.75) is 18.4 Å². The number of aromatic nitrogens is 2. The summed E-state index contributed by atoms with van der Waals surface area (Å²) in [7, 11) is -1.03. The van der Waals surface area contributed by atoms with Gasteiger partial charge in [0.15, 0.2) is 0 Å². The smallest absolute Gasteiger partial charge is 0.149 e. The molecule has 3 rings (SSSR count). The molecule has 104 valence electrons. The van der Waals surface area contributed by atoms with Gasteiger partial charge in [0.2, 0.25) is 0 Å². The van der Waals surface area contributed by atoms with E-state index >= 15 is 0 Å². The lowest BCUT2D eigenvalue weighted by atomic mass is 10.4. The summed E-state index contributed by atoms with van der Waals surface area (Å²) >= 11 is 3.25. The summed E-state index contributed by atoms with van der Waals surface area (Å²) in [5.74, 6) is 1.49. The summed E-state index contributed by atoms with van der Waals surface area (Å²) in [6, 6.07) is 5.86. The van der Waals surface area contributed by atoms with Crippen LogP contribution in [-0.2, 0) is 22.3 Å². The van der Waals surface area contributed by atoms with Crippen molar-refractivity contribution in [3.63, 3.8) is 0 Å². The molecule has 4 nitrogen and oxygen atoms in total. The zero-order valence-corrected chi connectivity index (χ0v) is 13.2. The minimum absolute atomic E-state index is 0.382. The number of nitrogens with zero attached hydrogens (tertiary/aromatic N) is 2. The zero-order chi connectivity index (χ0) is 13.9. The second-order valence-corrected chi connectivity index (χ2v) is 7.55. The maximum Gasteiger partial charge on any atom is 0.149 e. The van der Waals surface area contributed by atoms with Gasteiger partial charge < -0.3 is 4.52 Å². The van der Waals surface area contributed by atoms with Gasteiger partial charge in [0.25, 0.3) is 0 Å². The third-order valence-electron chi connectivity index (χ3n) is 2.57.